The molecule has 0 bridgehead atoms. The van der Waals surface area contributed by atoms with Crippen molar-refractivity contribution in [3.63, 3.8) is 0 Å². The largest absolute Gasteiger partial charge is 0.381 e. The van der Waals surface area contributed by atoms with Gasteiger partial charge in [0.25, 0.3) is 0 Å². The first-order valence-electron chi connectivity index (χ1n) is 7.34. The summed E-state index contributed by atoms with van der Waals surface area (Å²) in [5.74, 6) is 0.512. The first-order chi connectivity index (χ1) is 9.70. The molecule has 21 heavy (non-hydrogen) atoms. The second-order valence-electron chi connectivity index (χ2n) is 5.37. The Balaban J connectivity index is 0.00000220. The Hall–Kier alpha value is -1.51. The molecule has 0 radical (unpaired) electrons. The third-order valence-corrected chi connectivity index (χ3v) is 3.89. The molecule has 0 spiro atoms. The van der Waals surface area contributed by atoms with Crippen LogP contribution in [0.3, 0.4) is 0 Å². The summed E-state index contributed by atoms with van der Waals surface area (Å²) in [5, 5.41) is 3.43. The van der Waals surface area contributed by atoms with Crippen LogP contribution in [0.2, 0.25) is 0 Å². The van der Waals surface area contributed by atoms with Crippen molar-refractivity contribution >= 4 is 18.1 Å². The second-order valence-corrected chi connectivity index (χ2v) is 5.37. The summed E-state index contributed by atoms with van der Waals surface area (Å²) in [7, 11) is 0. The molecule has 0 heterocycles. The van der Waals surface area contributed by atoms with E-state index >= 15 is 0 Å². The van der Waals surface area contributed by atoms with Crippen molar-refractivity contribution in [2.75, 3.05) is 5.32 Å². The molecule has 0 amide bonds. The van der Waals surface area contributed by atoms with E-state index in [0.29, 0.717) is 5.92 Å². The maximum absolute atomic E-state index is 6.24. The topological polar surface area (TPSA) is 38.0 Å². The van der Waals surface area contributed by atoms with E-state index in [2.05, 4.69) is 67.7 Å². The maximum Gasteiger partial charge on any atom is 0.0400 e. The van der Waals surface area contributed by atoms with Gasteiger partial charge in [0.2, 0.25) is 0 Å². The first-order valence-corrected chi connectivity index (χ1v) is 7.34. The van der Waals surface area contributed by atoms with Crippen molar-refractivity contribution < 1.29 is 0 Å². The number of benzene rings is 2. The minimum atomic E-state index is 0. The Labute approximate surface area is 134 Å². The van der Waals surface area contributed by atoms with Crippen molar-refractivity contribution in [1.29, 1.82) is 0 Å². The van der Waals surface area contributed by atoms with E-state index in [1.54, 1.807) is 0 Å². The quantitative estimate of drug-likeness (QED) is 0.807. The zero-order valence-corrected chi connectivity index (χ0v) is 13.6. The minimum Gasteiger partial charge on any atom is -0.381 e. The van der Waals surface area contributed by atoms with Crippen LogP contribution in [0.25, 0.3) is 0 Å². The lowest BCUT2D eigenvalue weighted by atomic mass is 9.93. The molecule has 0 aliphatic heterocycles. The van der Waals surface area contributed by atoms with E-state index in [1.165, 1.54) is 11.1 Å². The van der Waals surface area contributed by atoms with Gasteiger partial charge in [-0.1, -0.05) is 62.7 Å². The number of hydrogen-bond donors (Lipinski definition) is 2. The van der Waals surface area contributed by atoms with E-state index in [4.69, 9.17) is 5.73 Å². The third-order valence-electron chi connectivity index (χ3n) is 3.89. The molecule has 0 aliphatic carbocycles. The maximum atomic E-state index is 6.24. The lowest BCUT2D eigenvalue weighted by molar-refractivity contribution is 0.457. The summed E-state index contributed by atoms with van der Waals surface area (Å²) in [6.45, 7) is 5.23. The number of anilines is 1. The van der Waals surface area contributed by atoms with E-state index in [-0.39, 0.29) is 18.4 Å². The van der Waals surface area contributed by atoms with Crippen LogP contribution in [0.4, 0.5) is 5.69 Å². The van der Waals surface area contributed by atoms with Crippen LogP contribution in [0, 0.1) is 5.92 Å². The predicted octanol–water partition coefficient (Wildman–Crippen LogP) is 4.77. The molecule has 2 atom stereocenters. The monoisotopic (exact) mass is 304 g/mol. The average molecular weight is 305 g/mol. The number of hydrogen-bond acceptors (Lipinski definition) is 2. The molecular weight excluding hydrogens is 280 g/mol. The van der Waals surface area contributed by atoms with Gasteiger partial charge in [-0.15, -0.1) is 12.4 Å². The van der Waals surface area contributed by atoms with Crippen LogP contribution in [-0.4, -0.2) is 0 Å². The number of nitrogens with two attached hydrogens (primary N) is 1. The summed E-state index contributed by atoms with van der Waals surface area (Å²) in [4.78, 5) is 0. The van der Waals surface area contributed by atoms with Gasteiger partial charge >= 0.3 is 0 Å². The van der Waals surface area contributed by atoms with E-state index in [1.807, 2.05) is 6.07 Å². The van der Waals surface area contributed by atoms with Crippen molar-refractivity contribution in [3.8, 4) is 0 Å². The SMILES string of the molecule is CCC(C)[C@@H](N)c1ccc(NCc2ccccc2)cc1.Cl. The Bertz CT molecular complexity index is 511. The van der Waals surface area contributed by atoms with Gasteiger partial charge in [0.05, 0.1) is 0 Å². The van der Waals surface area contributed by atoms with Crippen LogP contribution in [-0.2, 0) is 6.54 Å². The fraction of sp³-hybridized carbons (Fsp3) is 0.333. The first kappa shape index (κ1) is 17.5. The van der Waals surface area contributed by atoms with E-state index in [9.17, 15) is 0 Å². The van der Waals surface area contributed by atoms with Crippen molar-refractivity contribution in [3.05, 3.63) is 65.7 Å². The van der Waals surface area contributed by atoms with Crippen LogP contribution >= 0.6 is 12.4 Å². The van der Waals surface area contributed by atoms with Crippen LogP contribution < -0.4 is 11.1 Å². The molecule has 1 unspecified atom stereocenters. The zero-order chi connectivity index (χ0) is 14.4. The molecule has 2 aromatic rings. The Kier molecular flexibility index (Phi) is 7.27. The second kappa shape index (κ2) is 8.71. The Morgan fingerprint density at radius 3 is 2.19 bits per heavy atom. The fourth-order valence-corrected chi connectivity index (χ4v) is 2.21. The number of nitrogens with one attached hydrogen (secondary N) is 1. The molecule has 2 rings (SSSR count). The van der Waals surface area contributed by atoms with Gasteiger partial charge < -0.3 is 11.1 Å². The van der Waals surface area contributed by atoms with Gasteiger partial charge in [-0.3, -0.25) is 0 Å². The molecule has 0 saturated heterocycles. The highest BCUT2D eigenvalue weighted by molar-refractivity contribution is 5.85. The highest BCUT2D eigenvalue weighted by Crippen LogP contribution is 2.23. The smallest absolute Gasteiger partial charge is 0.0400 e. The van der Waals surface area contributed by atoms with Crippen molar-refractivity contribution in [2.24, 2.45) is 11.7 Å². The Morgan fingerprint density at radius 1 is 1.00 bits per heavy atom. The lowest BCUT2D eigenvalue weighted by Gasteiger charge is -2.19. The van der Waals surface area contributed by atoms with Gasteiger partial charge in [0, 0.05) is 18.3 Å². The number of rotatable bonds is 6. The van der Waals surface area contributed by atoms with Crippen LogP contribution in [0.15, 0.2) is 54.6 Å². The molecule has 0 aliphatic rings. The molecule has 0 fully saturated rings. The van der Waals surface area contributed by atoms with Gasteiger partial charge in [-0.2, -0.15) is 0 Å². The predicted molar refractivity (Wildman–Crippen MR) is 93.8 cm³/mol. The van der Waals surface area contributed by atoms with Gasteiger partial charge in [-0.05, 0) is 29.2 Å². The van der Waals surface area contributed by atoms with Crippen molar-refractivity contribution in [1.82, 2.24) is 0 Å². The summed E-state index contributed by atoms with van der Waals surface area (Å²) in [6, 6.07) is 19.0. The van der Waals surface area contributed by atoms with E-state index < -0.39 is 0 Å². The van der Waals surface area contributed by atoms with Gasteiger partial charge in [-0.25, -0.2) is 0 Å². The summed E-state index contributed by atoms with van der Waals surface area (Å²) in [6.07, 6.45) is 1.11. The van der Waals surface area contributed by atoms with Crippen LogP contribution in [0.1, 0.15) is 37.4 Å². The average Bonchev–Trinajstić information content (AvgIpc) is 2.53. The molecule has 3 heteroatoms. The van der Waals surface area contributed by atoms with Crippen LogP contribution in [0.5, 0.6) is 0 Å². The molecule has 114 valence electrons. The zero-order valence-electron chi connectivity index (χ0n) is 12.8. The molecular formula is C18H25ClN2. The summed E-state index contributed by atoms with van der Waals surface area (Å²) < 4.78 is 0. The lowest BCUT2D eigenvalue weighted by Crippen LogP contribution is -2.18. The number of halogens is 1. The highest BCUT2D eigenvalue weighted by Gasteiger charge is 2.12. The third kappa shape index (κ3) is 5.07. The molecule has 3 N–H and O–H groups in total. The summed E-state index contributed by atoms with van der Waals surface area (Å²) in [5.41, 5.74) is 9.87. The van der Waals surface area contributed by atoms with Gasteiger partial charge in [0.15, 0.2) is 0 Å². The molecule has 2 aromatic carbocycles. The molecule has 2 nitrogen and oxygen atoms in total. The molecule has 0 saturated carbocycles. The standard InChI is InChI=1S/C18H24N2.ClH/c1-3-14(2)18(19)16-9-11-17(12-10-16)20-13-15-7-5-4-6-8-15;/h4-12,14,18,20H,3,13,19H2,1-2H3;1H/t14?,18-;/m1./s1. The molecule has 0 aromatic heterocycles. The Morgan fingerprint density at radius 2 is 1.62 bits per heavy atom. The van der Waals surface area contributed by atoms with E-state index in [0.717, 1.165) is 18.7 Å². The van der Waals surface area contributed by atoms with Crippen molar-refractivity contribution in [2.45, 2.75) is 32.9 Å². The normalized spacial score (nSPS) is 13.1. The summed E-state index contributed by atoms with van der Waals surface area (Å²) >= 11 is 0. The highest BCUT2D eigenvalue weighted by atomic mass is 35.5. The fourth-order valence-electron chi connectivity index (χ4n) is 2.21. The minimum absolute atomic E-state index is 0. The van der Waals surface area contributed by atoms with Gasteiger partial charge in [0.1, 0.15) is 0 Å².